The lowest BCUT2D eigenvalue weighted by Gasteiger charge is -2.22. The number of fused-ring (bicyclic) bond motifs is 1. The number of hydrogen-bond acceptors (Lipinski definition) is 2. The SMILES string of the molecule is CN=C(NCCc1cnn(C)c1)N1CCc2ccccc21. The lowest BCUT2D eigenvalue weighted by atomic mass is 10.2. The third kappa shape index (κ3) is 2.91. The van der Waals surface area contributed by atoms with Crippen molar-refractivity contribution in [3.63, 3.8) is 0 Å². The largest absolute Gasteiger partial charge is 0.356 e. The van der Waals surface area contributed by atoms with Gasteiger partial charge < -0.3 is 10.2 Å². The zero-order chi connectivity index (χ0) is 14.7. The van der Waals surface area contributed by atoms with Crippen molar-refractivity contribution in [1.29, 1.82) is 0 Å². The van der Waals surface area contributed by atoms with E-state index in [9.17, 15) is 0 Å². The highest BCUT2D eigenvalue weighted by Gasteiger charge is 2.21. The van der Waals surface area contributed by atoms with E-state index < -0.39 is 0 Å². The van der Waals surface area contributed by atoms with Gasteiger partial charge in [0.15, 0.2) is 5.96 Å². The van der Waals surface area contributed by atoms with E-state index in [1.165, 1.54) is 16.8 Å². The predicted octanol–water partition coefficient (Wildman–Crippen LogP) is 1.60. The molecule has 0 bridgehead atoms. The molecule has 1 aromatic carbocycles. The minimum absolute atomic E-state index is 0.858. The molecule has 1 aliphatic heterocycles. The van der Waals surface area contributed by atoms with Crippen molar-refractivity contribution in [2.24, 2.45) is 12.0 Å². The fourth-order valence-corrected chi connectivity index (χ4v) is 2.77. The third-order valence-electron chi connectivity index (χ3n) is 3.81. The van der Waals surface area contributed by atoms with Crippen LogP contribution in [-0.2, 0) is 19.9 Å². The van der Waals surface area contributed by atoms with E-state index in [1.807, 2.05) is 25.0 Å². The molecule has 5 heteroatoms. The summed E-state index contributed by atoms with van der Waals surface area (Å²) in [5, 5.41) is 7.64. The van der Waals surface area contributed by atoms with Crippen molar-refractivity contribution >= 4 is 11.6 Å². The van der Waals surface area contributed by atoms with Crippen molar-refractivity contribution in [3.8, 4) is 0 Å². The molecule has 21 heavy (non-hydrogen) atoms. The van der Waals surface area contributed by atoms with Crippen molar-refractivity contribution in [3.05, 3.63) is 47.8 Å². The smallest absolute Gasteiger partial charge is 0.198 e. The van der Waals surface area contributed by atoms with Crippen LogP contribution in [0.3, 0.4) is 0 Å². The first-order valence-electron chi connectivity index (χ1n) is 7.31. The number of para-hydroxylation sites is 1. The topological polar surface area (TPSA) is 45.5 Å². The lowest BCUT2D eigenvalue weighted by Crippen LogP contribution is -2.41. The maximum Gasteiger partial charge on any atom is 0.198 e. The second kappa shape index (κ2) is 5.99. The van der Waals surface area contributed by atoms with Crippen LogP contribution >= 0.6 is 0 Å². The zero-order valence-corrected chi connectivity index (χ0v) is 12.6. The number of rotatable bonds is 3. The van der Waals surface area contributed by atoms with Crippen molar-refractivity contribution in [2.75, 3.05) is 25.0 Å². The minimum Gasteiger partial charge on any atom is -0.356 e. The molecular weight excluding hydrogens is 262 g/mol. The summed E-state index contributed by atoms with van der Waals surface area (Å²) in [7, 11) is 3.78. The molecular formula is C16H21N5. The molecule has 0 aliphatic carbocycles. The number of anilines is 1. The monoisotopic (exact) mass is 283 g/mol. The fraction of sp³-hybridized carbons (Fsp3) is 0.375. The van der Waals surface area contributed by atoms with Crippen LogP contribution in [0, 0.1) is 0 Å². The van der Waals surface area contributed by atoms with Gasteiger partial charge in [-0.15, -0.1) is 0 Å². The van der Waals surface area contributed by atoms with Gasteiger partial charge in [0.2, 0.25) is 0 Å². The summed E-state index contributed by atoms with van der Waals surface area (Å²) < 4.78 is 1.83. The summed E-state index contributed by atoms with van der Waals surface area (Å²) in [5.41, 5.74) is 3.90. The van der Waals surface area contributed by atoms with Crippen LogP contribution in [-0.4, -0.2) is 35.9 Å². The van der Waals surface area contributed by atoms with E-state index in [1.54, 1.807) is 0 Å². The van der Waals surface area contributed by atoms with Crippen molar-refractivity contribution in [2.45, 2.75) is 12.8 Å². The molecule has 2 aromatic rings. The number of hydrogen-bond donors (Lipinski definition) is 1. The quantitative estimate of drug-likeness (QED) is 0.687. The fourth-order valence-electron chi connectivity index (χ4n) is 2.77. The van der Waals surface area contributed by atoms with Gasteiger partial charge in [-0.25, -0.2) is 0 Å². The van der Waals surface area contributed by atoms with Gasteiger partial charge in [0, 0.05) is 39.1 Å². The average Bonchev–Trinajstić information content (AvgIpc) is 3.10. The Morgan fingerprint density at radius 2 is 2.24 bits per heavy atom. The highest BCUT2D eigenvalue weighted by Crippen LogP contribution is 2.27. The Bertz CT molecular complexity index is 644. The van der Waals surface area contributed by atoms with Gasteiger partial charge >= 0.3 is 0 Å². The number of nitrogens with zero attached hydrogens (tertiary/aromatic N) is 4. The van der Waals surface area contributed by atoms with Gasteiger partial charge in [-0.05, 0) is 30.0 Å². The Kier molecular flexibility index (Phi) is 3.90. The van der Waals surface area contributed by atoms with Crippen LogP contribution in [0.2, 0.25) is 0 Å². The molecule has 0 amide bonds. The molecule has 1 N–H and O–H groups in total. The molecule has 110 valence electrons. The summed E-state index contributed by atoms with van der Waals surface area (Å²) in [6.07, 6.45) is 5.99. The first-order chi connectivity index (χ1) is 10.3. The van der Waals surface area contributed by atoms with Gasteiger partial charge in [0.05, 0.1) is 6.20 Å². The van der Waals surface area contributed by atoms with Crippen LogP contribution in [0.15, 0.2) is 41.7 Å². The number of aromatic nitrogens is 2. The first kappa shape index (κ1) is 13.7. The Balaban J connectivity index is 1.62. The Morgan fingerprint density at radius 3 is 3.00 bits per heavy atom. The molecule has 1 aromatic heterocycles. The zero-order valence-electron chi connectivity index (χ0n) is 12.6. The predicted molar refractivity (Wildman–Crippen MR) is 85.8 cm³/mol. The van der Waals surface area contributed by atoms with Crippen LogP contribution in [0.25, 0.3) is 0 Å². The molecule has 0 saturated carbocycles. The summed E-state index contributed by atoms with van der Waals surface area (Å²) >= 11 is 0. The van der Waals surface area contributed by atoms with Crippen LogP contribution in [0.4, 0.5) is 5.69 Å². The van der Waals surface area contributed by atoms with Crippen LogP contribution < -0.4 is 10.2 Å². The molecule has 0 saturated heterocycles. The minimum atomic E-state index is 0.858. The number of nitrogens with one attached hydrogen (secondary N) is 1. The number of aliphatic imine (C=N–C) groups is 1. The van der Waals surface area contributed by atoms with Gasteiger partial charge in [-0.1, -0.05) is 18.2 Å². The molecule has 5 nitrogen and oxygen atoms in total. The van der Waals surface area contributed by atoms with E-state index in [0.717, 1.165) is 31.9 Å². The Labute approximate surface area is 125 Å². The number of benzene rings is 1. The summed E-state index contributed by atoms with van der Waals surface area (Å²) in [6.45, 7) is 1.85. The van der Waals surface area contributed by atoms with Crippen molar-refractivity contribution in [1.82, 2.24) is 15.1 Å². The average molecular weight is 283 g/mol. The maximum absolute atomic E-state index is 4.42. The van der Waals surface area contributed by atoms with E-state index in [0.29, 0.717) is 0 Å². The van der Waals surface area contributed by atoms with Crippen LogP contribution in [0.5, 0.6) is 0 Å². The first-order valence-corrected chi connectivity index (χ1v) is 7.31. The maximum atomic E-state index is 4.42. The molecule has 3 rings (SSSR count). The highest BCUT2D eigenvalue weighted by molar-refractivity contribution is 5.97. The number of aryl methyl sites for hydroxylation is 1. The summed E-state index contributed by atoms with van der Waals surface area (Å²) in [5.74, 6) is 0.948. The van der Waals surface area contributed by atoms with Gasteiger partial charge in [-0.2, -0.15) is 5.10 Å². The second-order valence-corrected chi connectivity index (χ2v) is 5.28. The van der Waals surface area contributed by atoms with Gasteiger partial charge in [0.1, 0.15) is 0 Å². The van der Waals surface area contributed by atoms with E-state index in [-0.39, 0.29) is 0 Å². The third-order valence-corrected chi connectivity index (χ3v) is 3.81. The Morgan fingerprint density at radius 1 is 1.38 bits per heavy atom. The lowest BCUT2D eigenvalue weighted by molar-refractivity contribution is 0.765. The summed E-state index contributed by atoms with van der Waals surface area (Å²) in [6, 6.07) is 8.54. The standard InChI is InChI=1S/C16H21N5/c1-17-16(18-9-7-13-11-19-20(2)12-13)21-10-8-14-5-3-4-6-15(14)21/h3-6,11-12H,7-10H2,1-2H3,(H,17,18). The second-order valence-electron chi connectivity index (χ2n) is 5.28. The number of guanidine groups is 1. The normalized spacial score (nSPS) is 14.4. The van der Waals surface area contributed by atoms with E-state index >= 15 is 0 Å². The summed E-state index contributed by atoms with van der Waals surface area (Å²) in [4.78, 5) is 6.68. The highest BCUT2D eigenvalue weighted by atomic mass is 15.3. The van der Waals surface area contributed by atoms with Gasteiger partial charge in [0.25, 0.3) is 0 Å². The molecule has 0 atom stereocenters. The molecule has 0 fully saturated rings. The molecule has 0 unspecified atom stereocenters. The molecule has 0 spiro atoms. The molecule has 0 radical (unpaired) electrons. The van der Waals surface area contributed by atoms with Crippen molar-refractivity contribution < 1.29 is 0 Å². The molecule has 1 aliphatic rings. The van der Waals surface area contributed by atoms with E-state index in [2.05, 4.69) is 50.8 Å². The van der Waals surface area contributed by atoms with Crippen LogP contribution in [0.1, 0.15) is 11.1 Å². The van der Waals surface area contributed by atoms with E-state index in [4.69, 9.17) is 0 Å². The molecule has 2 heterocycles. The Hall–Kier alpha value is -2.30. The van der Waals surface area contributed by atoms with Gasteiger partial charge in [-0.3, -0.25) is 9.67 Å².